The Morgan fingerprint density at radius 3 is 2.74 bits per heavy atom. The molecule has 8 nitrogen and oxygen atoms in total. The van der Waals surface area contributed by atoms with Gasteiger partial charge in [-0.3, -0.25) is 9.89 Å². The van der Waals surface area contributed by atoms with Crippen LogP contribution in [0.4, 0.5) is 0 Å². The van der Waals surface area contributed by atoms with Gasteiger partial charge in [-0.1, -0.05) is 29.3 Å². The molecule has 1 N–H and O–H groups in total. The number of benzene rings is 1. The van der Waals surface area contributed by atoms with Crippen molar-refractivity contribution in [1.29, 1.82) is 0 Å². The summed E-state index contributed by atoms with van der Waals surface area (Å²) in [4.78, 5) is 24.4. The van der Waals surface area contributed by atoms with Crippen molar-refractivity contribution in [3.63, 3.8) is 0 Å². The van der Waals surface area contributed by atoms with E-state index in [0.717, 1.165) is 13.1 Å². The average Bonchev–Trinajstić information content (AvgIpc) is 3.19. The van der Waals surface area contributed by atoms with Crippen LogP contribution in [-0.2, 0) is 21.3 Å². The predicted molar refractivity (Wildman–Crippen MR) is 118 cm³/mol. The lowest BCUT2D eigenvalue weighted by Crippen LogP contribution is -2.43. The fraction of sp³-hybridized carbons (Fsp3) is 0.381. The molecule has 1 aromatic carbocycles. The number of methoxy groups -OCH3 is 1. The van der Waals surface area contributed by atoms with Gasteiger partial charge in [-0.15, -0.1) is 0 Å². The van der Waals surface area contributed by atoms with E-state index in [2.05, 4.69) is 15.2 Å². The second kappa shape index (κ2) is 9.40. The van der Waals surface area contributed by atoms with E-state index in [0.29, 0.717) is 58.3 Å². The minimum atomic E-state index is -0.666. The number of nitrogens with zero attached hydrogens (tertiary/aromatic N) is 4. The summed E-state index contributed by atoms with van der Waals surface area (Å²) in [5.41, 5.74) is 1.79. The van der Waals surface area contributed by atoms with Crippen LogP contribution in [0.25, 0.3) is 0 Å². The van der Waals surface area contributed by atoms with Gasteiger partial charge in [0.1, 0.15) is 6.04 Å². The summed E-state index contributed by atoms with van der Waals surface area (Å²) in [6.07, 6.45) is 3.54. The van der Waals surface area contributed by atoms with Gasteiger partial charge in [0, 0.05) is 60.4 Å². The molecule has 2 aromatic rings. The van der Waals surface area contributed by atoms with Crippen LogP contribution in [0.3, 0.4) is 0 Å². The minimum Gasteiger partial charge on any atom is -0.466 e. The summed E-state index contributed by atoms with van der Waals surface area (Å²) >= 11 is 12.6. The first-order valence-corrected chi connectivity index (χ1v) is 10.6. The van der Waals surface area contributed by atoms with E-state index < -0.39 is 12.0 Å². The summed E-state index contributed by atoms with van der Waals surface area (Å²) in [7, 11) is 3.25. The Labute approximate surface area is 190 Å². The Hall–Kier alpha value is -2.39. The monoisotopic (exact) mass is 463 g/mol. The summed E-state index contributed by atoms with van der Waals surface area (Å²) in [6, 6.07) is 4.50. The van der Waals surface area contributed by atoms with Gasteiger partial charge in [0.2, 0.25) is 0 Å². The van der Waals surface area contributed by atoms with Crippen LogP contribution in [-0.4, -0.2) is 66.2 Å². The number of carbonyl (C=O) groups is 1. The molecule has 0 amide bonds. The standard InChI is InChI=1S/C21H23Cl2N5O3/c1-27-6-5-24-20(27)19-25-16(12-28-7-9-31-10-8-28)17(21(29)30-2)18(26-19)14-4-3-13(22)11-15(14)23/h3-6,11,18H,7-10,12H2,1-2H3,(H,25,26). The highest BCUT2D eigenvalue weighted by molar-refractivity contribution is 6.35. The number of aromatic nitrogens is 2. The third kappa shape index (κ3) is 4.62. The van der Waals surface area contributed by atoms with Crippen molar-refractivity contribution < 1.29 is 14.3 Å². The van der Waals surface area contributed by atoms with Crippen molar-refractivity contribution in [2.24, 2.45) is 12.0 Å². The van der Waals surface area contributed by atoms with E-state index in [4.69, 9.17) is 37.7 Å². The molecule has 4 rings (SSSR count). The fourth-order valence-electron chi connectivity index (χ4n) is 3.71. The number of hydrogen-bond donors (Lipinski definition) is 1. The van der Waals surface area contributed by atoms with Crippen LogP contribution in [0.2, 0.25) is 10.0 Å². The normalized spacial score (nSPS) is 19.7. The molecule has 0 bridgehead atoms. The molecule has 0 spiro atoms. The smallest absolute Gasteiger partial charge is 0.338 e. The quantitative estimate of drug-likeness (QED) is 0.686. The highest BCUT2D eigenvalue weighted by Gasteiger charge is 2.34. The van der Waals surface area contributed by atoms with Gasteiger partial charge in [-0.2, -0.15) is 0 Å². The second-order valence-corrected chi connectivity index (χ2v) is 8.15. The Morgan fingerprint density at radius 2 is 2.10 bits per heavy atom. The molecule has 3 heterocycles. The van der Waals surface area contributed by atoms with Gasteiger partial charge in [0.15, 0.2) is 11.7 Å². The molecular weight excluding hydrogens is 441 g/mol. The summed E-state index contributed by atoms with van der Waals surface area (Å²) in [5, 5.41) is 4.27. The lowest BCUT2D eigenvalue weighted by molar-refractivity contribution is -0.136. The van der Waals surface area contributed by atoms with Gasteiger partial charge in [-0.25, -0.2) is 9.78 Å². The van der Waals surface area contributed by atoms with E-state index in [9.17, 15) is 4.79 Å². The Morgan fingerprint density at radius 1 is 1.32 bits per heavy atom. The number of nitrogens with one attached hydrogen (secondary N) is 1. The van der Waals surface area contributed by atoms with E-state index >= 15 is 0 Å². The van der Waals surface area contributed by atoms with Crippen LogP contribution in [0.5, 0.6) is 0 Å². The molecule has 31 heavy (non-hydrogen) atoms. The van der Waals surface area contributed by atoms with Crippen LogP contribution in [0.1, 0.15) is 17.4 Å². The van der Waals surface area contributed by atoms with Crippen molar-refractivity contribution in [2.45, 2.75) is 6.04 Å². The third-order valence-electron chi connectivity index (χ3n) is 5.31. The van der Waals surface area contributed by atoms with Gasteiger partial charge in [-0.05, 0) is 12.1 Å². The number of amidine groups is 1. The van der Waals surface area contributed by atoms with Crippen LogP contribution < -0.4 is 5.32 Å². The third-order valence-corrected chi connectivity index (χ3v) is 5.87. The molecule has 0 aliphatic carbocycles. The average molecular weight is 464 g/mol. The highest BCUT2D eigenvalue weighted by atomic mass is 35.5. The second-order valence-electron chi connectivity index (χ2n) is 7.31. The lowest BCUT2D eigenvalue weighted by Gasteiger charge is -2.32. The molecule has 1 unspecified atom stereocenters. The number of carbonyl (C=O) groups excluding carboxylic acids is 1. The maximum atomic E-state index is 12.9. The van der Waals surface area contributed by atoms with E-state index in [1.807, 2.05) is 17.8 Å². The van der Waals surface area contributed by atoms with Crippen LogP contribution in [0.15, 0.2) is 46.9 Å². The number of esters is 1. The first-order chi connectivity index (χ1) is 15.0. The highest BCUT2D eigenvalue weighted by Crippen LogP contribution is 2.37. The van der Waals surface area contributed by atoms with Gasteiger partial charge >= 0.3 is 5.97 Å². The Balaban J connectivity index is 1.83. The largest absolute Gasteiger partial charge is 0.466 e. The molecule has 1 atom stereocenters. The fourth-order valence-corrected chi connectivity index (χ4v) is 4.22. The zero-order valence-electron chi connectivity index (χ0n) is 17.3. The Kier molecular flexibility index (Phi) is 6.62. The number of aryl methyl sites for hydroxylation is 1. The number of hydrogen-bond acceptors (Lipinski definition) is 7. The number of halogens is 2. The molecule has 2 aliphatic heterocycles. The van der Waals surface area contributed by atoms with Crippen molar-refractivity contribution in [3.8, 4) is 0 Å². The molecule has 164 valence electrons. The van der Waals surface area contributed by atoms with Gasteiger partial charge < -0.3 is 19.4 Å². The maximum absolute atomic E-state index is 12.9. The molecule has 2 aliphatic rings. The predicted octanol–water partition coefficient (Wildman–Crippen LogP) is 2.58. The number of ether oxygens (including phenoxy) is 2. The number of aliphatic imine (C=N–C) groups is 1. The molecule has 10 heteroatoms. The topological polar surface area (TPSA) is 81.0 Å². The molecule has 0 saturated carbocycles. The Bertz CT molecular complexity index is 1040. The molecule has 1 fully saturated rings. The maximum Gasteiger partial charge on any atom is 0.338 e. The SMILES string of the molecule is COC(=O)C1=C(CN2CCOCC2)NC(c2nccn2C)=NC1c1ccc(Cl)cc1Cl. The van der Waals surface area contributed by atoms with Crippen molar-refractivity contribution in [1.82, 2.24) is 19.8 Å². The van der Waals surface area contributed by atoms with Crippen molar-refractivity contribution in [3.05, 3.63) is 63.3 Å². The van der Waals surface area contributed by atoms with E-state index in [1.165, 1.54) is 7.11 Å². The first kappa shape index (κ1) is 21.8. The summed E-state index contributed by atoms with van der Waals surface area (Å²) < 4.78 is 12.5. The van der Waals surface area contributed by atoms with Crippen molar-refractivity contribution in [2.75, 3.05) is 40.0 Å². The zero-order chi connectivity index (χ0) is 22.0. The van der Waals surface area contributed by atoms with Crippen molar-refractivity contribution >= 4 is 35.0 Å². The molecular formula is C21H23Cl2N5O3. The van der Waals surface area contributed by atoms with Gasteiger partial charge in [0.25, 0.3) is 0 Å². The summed E-state index contributed by atoms with van der Waals surface area (Å²) in [5.74, 6) is 0.743. The lowest BCUT2D eigenvalue weighted by atomic mass is 9.95. The number of morpholine rings is 1. The first-order valence-electron chi connectivity index (χ1n) is 9.87. The van der Waals surface area contributed by atoms with E-state index in [-0.39, 0.29) is 0 Å². The van der Waals surface area contributed by atoms with E-state index in [1.54, 1.807) is 24.4 Å². The number of imidazole rings is 1. The zero-order valence-corrected chi connectivity index (χ0v) is 18.8. The van der Waals surface area contributed by atoms with Crippen LogP contribution >= 0.6 is 23.2 Å². The number of rotatable bonds is 5. The minimum absolute atomic E-state index is 0.413. The summed E-state index contributed by atoms with van der Waals surface area (Å²) in [6.45, 7) is 3.34. The van der Waals surface area contributed by atoms with Crippen LogP contribution in [0, 0.1) is 0 Å². The van der Waals surface area contributed by atoms with Gasteiger partial charge in [0.05, 0.1) is 25.9 Å². The molecule has 1 saturated heterocycles. The molecule has 1 aromatic heterocycles. The molecule has 0 radical (unpaired) electrons.